The quantitative estimate of drug-likeness (QED) is 0.595. The maximum atomic E-state index is 12.9. The topological polar surface area (TPSA) is 20.3 Å². The van der Waals surface area contributed by atoms with Crippen molar-refractivity contribution < 1.29 is 18.0 Å². The van der Waals surface area contributed by atoms with E-state index in [-0.39, 0.29) is 5.91 Å². The number of anilines is 1. The molecule has 0 heterocycles. The van der Waals surface area contributed by atoms with Crippen molar-refractivity contribution in [1.29, 1.82) is 0 Å². The van der Waals surface area contributed by atoms with Gasteiger partial charge in [0.2, 0.25) is 0 Å². The van der Waals surface area contributed by atoms with Gasteiger partial charge in [-0.2, -0.15) is 13.2 Å². The fourth-order valence-electron chi connectivity index (χ4n) is 2.71. The van der Waals surface area contributed by atoms with E-state index in [2.05, 4.69) is 0 Å². The lowest BCUT2D eigenvalue weighted by atomic mass is 9.97. The van der Waals surface area contributed by atoms with E-state index in [9.17, 15) is 18.0 Å². The van der Waals surface area contributed by atoms with Gasteiger partial charge in [0, 0.05) is 18.3 Å². The Labute approximate surface area is 149 Å². The molecule has 0 aliphatic rings. The fourth-order valence-corrected chi connectivity index (χ4v) is 2.71. The maximum Gasteiger partial charge on any atom is 0.416 e. The highest BCUT2D eigenvalue weighted by Gasteiger charge is 2.30. The molecule has 0 fully saturated rings. The zero-order chi connectivity index (χ0) is 18.7. The molecule has 3 aromatic carbocycles. The molecule has 5 heteroatoms. The van der Waals surface area contributed by atoms with Crippen LogP contribution in [0.2, 0.25) is 0 Å². The molecule has 0 N–H and O–H groups in total. The van der Waals surface area contributed by atoms with Gasteiger partial charge in [-0.15, -0.1) is 0 Å². The van der Waals surface area contributed by atoms with Crippen molar-refractivity contribution in [3.63, 3.8) is 0 Å². The number of amides is 1. The molecule has 1 amide bonds. The Morgan fingerprint density at radius 3 is 2.00 bits per heavy atom. The van der Waals surface area contributed by atoms with Gasteiger partial charge >= 0.3 is 6.18 Å². The number of benzene rings is 3. The Bertz CT molecular complexity index is 903. The van der Waals surface area contributed by atoms with Crippen LogP contribution in [0, 0.1) is 0 Å². The molecular formula is C21H16F3NO. The van der Waals surface area contributed by atoms with E-state index in [1.165, 1.54) is 17.0 Å². The molecule has 0 radical (unpaired) electrons. The standard InChI is InChI=1S/C21H16F3NO/c1-25(17-7-3-2-4-8-17)20(26)19-10-6-5-9-18(19)15-11-13-16(14-12-15)21(22,23)24/h2-14H,1H3. The van der Waals surface area contributed by atoms with E-state index in [1.807, 2.05) is 30.3 Å². The third-order valence-corrected chi connectivity index (χ3v) is 4.13. The van der Waals surface area contributed by atoms with Crippen LogP contribution in [-0.4, -0.2) is 13.0 Å². The van der Waals surface area contributed by atoms with Crippen LogP contribution in [0.1, 0.15) is 15.9 Å². The summed E-state index contributed by atoms with van der Waals surface area (Å²) in [4.78, 5) is 14.4. The van der Waals surface area contributed by atoms with Crippen LogP contribution in [-0.2, 0) is 6.18 Å². The minimum absolute atomic E-state index is 0.230. The van der Waals surface area contributed by atoms with Gasteiger partial charge in [0.15, 0.2) is 0 Å². The minimum atomic E-state index is -4.39. The average molecular weight is 355 g/mol. The number of hydrogen-bond acceptors (Lipinski definition) is 1. The van der Waals surface area contributed by atoms with Crippen LogP contribution < -0.4 is 4.90 Å². The lowest BCUT2D eigenvalue weighted by molar-refractivity contribution is -0.137. The highest BCUT2D eigenvalue weighted by atomic mass is 19.4. The van der Waals surface area contributed by atoms with E-state index < -0.39 is 11.7 Å². The van der Waals surface area contributed by atoms with E-state index in [1.54, 1.807) is 31.3 Å². The predicted molar refractivity (Wildman–Crippen MR) is 96.1 cm³/mol. The van der Waals surface area contributed by atoms with Crippen LogP contribution in [0.5, 0.6) is 0 Å². The minimum Gasteiger partial charge on any atom is -0.311 e. The Hall–Kier alpha value is -3.08. The normalized spacial score (nSPS) is 11.2. The smallest absolute Gasteiger partial charge is 0.311 e. The van der Waals surface area contributed by atoms with Gasteiger partial charge in [0.1, 0.15) is 0 Å². The summed E-state index contributed by atoms with van der Waals surface area (Å²) in [5.41, 5.74) is 1.60. The molecule has 0 bridgehead atoms. The second-order valence-electron chi connectivity index (χ2n) is 5.82. The molecule has 3 rings (SSSR count). The Balaban J connectivity index is 1.97. The molecule has 0 aliphatic carbocycles. The lowest BCUT2D eigenvalue weighted by Crippen LogP contribution is -2.26. The van der Waals surface area contributed by atoms with Gasteiger partial charge in [-0.25, -0.2) is 0 Å². The molecule has 0 saturated carbocycles. The number of hydrogen-bond donors (Lipinski definition) is 0. The number of para-hydroxylation sites is 1. The Morgan fingerprint density at radius 1 is 0.808 bits per heavy atom. The van der Waals surface area contributed by atoms with Crippen LogP contribution >= 0.6 is 0 Å². The molecule has 132 valence electrons. The van der Waals surface area contributed by atoms with Gasteiger partial charge in [-0.05, 0) is 41.5 Å². The second kappa shape index (κ2) is 7.04. The number of carbonyl (C=O) groups is 1. The SMILES string of the molecule is CN(C(=O)c1ccccc1-c1ccc(C(F)(F)F)cc1)c1ccccc1. The summed E-state index contributed by atoms with van der Waals surface area (Å²) < 4.78 is 38.3. The fraction of sp³-hybridized carbons (Fsp3) is 0.0952. The van der Waals surface area contributed by atoms with Crippen LogP contribution in [0.3, 0.4) is 0 Å². The largest absolute Gasteiger partial charge is 0.416 e. The summed E-state index contributed by atoms with van der Waals surface area (Å²) in [5.74, 6) is -0.230. The predicted octanol–water partition coefficient (Wildman–Crippen LogP) is 5.65. The van der Waals surface area contributed by atoms with Crippen molar-refractivity contribution in [3.8, 4) is 11.1 Å². The first-order valence-electron chi connectivity index (χ1n) is 7.97. The van der Waals surface area contributed by atoms with Crippen molar-refractivity contribution in [2.45, 2.75) is 6.18 Å². The van der Waals surface area contributed by atoms with Crippen molar-refractivity contribution in [2.75, 3.05) is 11.9 Å². The first-order valence-corrected chi connectivity index (χ1v) is 7.97. The molecule has 2 nitrogen and oxygen atoms in total. The van der Waals surface area contributed by atoms with Gasteiger partial charge in [-0.1, -0.05) is 48.5 Å². The van der Waals surface area contributed by atoms with Crippen LogP contribution in [0.15, 0.2) is 78.9 Å². The highest BCUT2D eigenvalue weighted by Crippen LogP contribution is 2.32. The third kappa shape index (κ3) is 3.61. The molecule has 0 aliphatic heterocycles. The van der Waals surface area contributed by atoms with Crippen LogP contribution in [0.25, 0.3) is 11.1 Å². The first-order chi connectivity index (χ1) is 12.4. The summed E-state index contributed by atoms with van der Waals surface area (Å²) in [5, 5.41) is 0. The van der Waals surface area contributed by atoms with Crippen molar-refractivity contribution in [2.24, 2.45) is 0 Å². The number of alkyl halides is 3. The Morgan fingerprint density at radius 2 is 1.38 bits per heavy atom. The van der Waals surface area contributed by atoms with Gasteiger partial charge < -0.3 is 4.90 Å². The molecule has 3 aromatic rings. The zero-order valence-corrected chi connectivity index (χ0v) is 14.0. The summed E-state index contributed by atoms with van der Waals surface area (Å²) in [6.07, 6.45) is -4.39. The zero-order valence-electron chi connectivity index (χ0n) is 14.0. The van der Waals surface area contributed by atoms with E-state index >= 15 is 0 Å². The maximum absolute atomic E-state index is 12.9. The number of halogens is 3. The van der Waals surface area contributed by atoms with E-state index in [0.29, 0.717) is 16.7 Å². The molecule has 0 spiro atoms. The lowest BCUT2D eigenvalue weighted by Gasteiger charge is -2.19. The molecule has 26 heavy (non-hydrogen) atoms. The highest BCUT2D eigenvalue weighted by molar-refractivity contribution is 6.09. The summed E-state index contributed by atoms with van der Waals surface area (Å²) >= 11 is 0. The molecular weight excluding hydrogens is 339 g/mol. The average Bonchev–Trinajstić information content (AvgIpc) is 2.67. The summed E-state index contributed by atoms with van der Waals surface area (Å²) in [6.45, 7) is 0. The number of carbonyl (C=O) groups excluding carboxylic acids is 1. The number of rotatable bonds is 3. The van der Waals surface area contributed by atoms with Crippen molar-refractivity contribution in [3.05, 3.63) is 90.0 Å². The molecule has 0 unspecified atom stereocenters. The second-order valence-corrected chi connectivity index (χ2v) is 5.82. The van der Waals surface area contributed by atoms with E-state index in [4.69, 9.17) is 0 Å². The monoisotopic (exact) mass is 355 g/mol. The summed E-state index contributed by atoms with van der Waals surface area (Å²) in [7, 11) is 1.67. The van der Waals surface area contributed by atoms with Gasteiger partial charge in [-0.3, -0.25) is 4.79 Å². The number of nitrogens with zero attached hydrogens (tertiary/aromatic N) is 1. The summed E-state index contributed by atoms with van der Waals surface area (Å²) in [6, 6.07) is 20.9. The van der Waals surface area contributed by atoms with Gasteiger partial charge in [0.05, 0.1) is 5.56 Å². The van der Waals surface area contributed by atoms with E-state index in [0.717, 1.165) is 17.8 Å². The Kier molecular flexibility index (Phi) is 4.80. The van der Waals surface area contributed by atoms with Crippen molar-refractivity contribution in [1.82, 2.24) is 0 Å². The molecule has 0 aromatic heterocycles. The van der Waals surface area contributed by atoms with Gasteiger partial charge in [0.25, 0.3) is 5.91 Å². The molecule has 0 saturated heterocycles. The molecule has 0 atom stereocenters. The third-order valence-electron chi connectivity index (χ3n) is 4.13. The van der Waals surface area contributed by atoms with Crippen LogP contribution in [0.4, 0.5) is 18.9 Å². The van der Waals surface area contributed by atoms with Crippen molar-refractivity contribution >= 4 is 11.6 Å². The first kappa shape index (κ1) is 17.7.